The van der Waals surface area contributed by atoms with Gasteiger partial charge in [0, 0.05) is 18.4 Å². The van der Waals surface area contributed by atoms with Gasteiger partial charge >= 0.3 is 0 Å². The van der Waals surface area contributed by atoms with Gasteiger partial charge in [-0.05, 0) is 91.8 Å². The molecule has 1 spiro atoms. The SMILES string of the molecule is CO[C@@H]1C[C@H]2[C@@H]3CC[C@H](C4COC4)[C@@]3(C)CC[C@@H]2[C@@]2(C)CC[C@@H]3C[C@]312. The molecule has 140 valence electrons. The van der Waals surface area contributed by atoms with E-state index in [1.165, 1.54) is 51.4 Å². The average molecular weight is 345 g/mol. The number of hydrogen-bond acceptors (Lipinski definition) is 2. The maximum absolute atomic E-state index is 6.23. The Bertz CT molecular complexity index is 585. The van der Waals surface area contributed by atoms with E-state index in [4.69, 9.17) is 9.47 Å². The molecule has 5 aliphatic carbocycles. The molecule has 6 fully saturated rings. The summed E-state index contributed by atoms with van der Waals surface area (Å²) in [7, 11) is 2.01. The van der Waals surface area contributed by atoms with Crippen LogP contribution in [-0.2, 0) is 9.47 Å². The van der Waals surface area contributed by atoms with E-state index in [1.54, 1.807) is 0 Å². The van der Waals surface area contributed by atoms with E-state index in [1.807, 2.05) is 7.11 Å². The molecule has 6 aliphatic rings. The Hall–Kier alpha value is -0.0800. The predicted octanol–water partition coefficient (Wildman–Crippen LogP) is 4.92. The third-order valence-corrected chi connectivity index (χ3v) is 11.1. The van der Waals surface area contributed by atoms with Crippen molar-refractivity contribution in [3.05, 3.63) is 0 Å². The molecule has 0 radical (unpaired) electrons. The highest BCUT2D eigenvalue weighted by Crippen LogP contribution is 2.82. The van der Waals surface area contributed by atoms with Gasteiger partial charge < -0.3 is 9.47 Å². The van der Waals surface area contributed by atoms with Crippen LogP contribution in [-0.4, -0.2) is 26.4 Å². The molecule has 0 aromatic heterocycles. The quantitative estimate of drug-likeness (QED) is 0.708. The molecule has 2 nitrogen and oxygen atoms in total. The first-order chi connectivity index (χ1) is 12.0. The van der Waals surface area contributed by atoms with Gasteiger partial charge in [-0.15, -0.1) is 0 Å². The Kier molecular flexibility index (Phi) is 3.09. The van der Waals surface area contributed by atoms with Gasteiger partial charge in [0.05, 0.1) is 19.3 Å². The van der Waals surface area contributed by atoms with E-state index < -0.39 is 0 Å². The van der Waals surface area contributed by atoms with Gasteiger partial charge in [0.25, 0.3) is 0 Å². The zero-order chi connectivity index (χ0) is 17.0. The summed E-state index contributed by atoms with van der Waals surface area (Å²) in [6.07, 6.45) is 12.3. The van der Waals surface area contributed by atoms with Crippen LogP contribution in [0.25, 0.3) is 0 Å². The number of fused-ring (bicyclic) bond motifs is 4. The second kappa shape index (κ2) is 4.85. The second-order valence-electron chi connectivity index (χ2n) is 11.3. The predicted molar refractivity (Wildman–Crippen MR) is 98.1 cm³/mol. The first-order valence-electron chi connectivity index (χ1n) is 11.1. The number of ether oxygens (including phenoxy) is 2. The second-order valence-corrected chi connectivity index (χ2v) is 11.3. The van der Waals surface area contributed by atoms with Crippen molar-refractivity contribution in [1.29, 1.82) is 0 Å². The molecule has 5 saturated carbocycles. The highest BCUT2D eigenvalue weighted by molar-refractivity contribution is 5.26. The minimum Gasteiger partial charge on any atom is -0.381 e. The van der Waals surface area contributed by atoms with Crippen molar-refractivity contribution in [2.75, 3.05) is 20.3 Å². The summed E-state index contributed by atoms with van der Waals surface area (Å²) in [6.45, 7) is 7.46. The van der Waals surface area contributed by atoms with E-state index >= 15 is 0 Å². The monoisotopic (exact) mass is 344 g/mol. The summed E-state index contributed by atoms with van der Waals surface area (Å²) in [4.78, 5) is 0. The summed E-state index contributed by atoms with van der Waals surface area (Å²) in [5.41, 5.74) is 1.76. The Morgan fingerprint density at radius 1 is 0.920 bits per heavy atom. The van der Waals surface area contributed by atoms with Gasteiger partial charge in [0.15, 0.2) is 0 Å². The molecule has 0 unspecified atom stereocenters. The van der Waals surface area contributed by atoms with Crippen LogP contribution < -0.4 is 0 Å². The van der Waals surface area contributed by atoms with Gasteiger partial charge in [-0.3, -0.25) is 0 Å². The number of rotatable bonds is 2. The molecule has 0 aromatic rings. The van der Waals surface area contributed by atoms with Crippen LogP contribution in [0, 0.1) is 51.8 Å². The van der Waals surface area contributed by atoms with Crippen LogP contribution in [0.2, 0.25) is 0 Å². The van der Waals surface area contributed by atoms with Crippen LogP contribution >= 0.6 is 0 Å². The van der Waals surface area contributed by atoms with E-state index in [0.29, 0.717) is 22.3 Å². The Labute approximate surface area is 153 Å². The van der Waals surface area contributed by atoms with Crippen molar-refractivity contribution in [1.82, 2.24) is 0 Å². The maximum Gasteiger partial charge on any atom is 0.0638 e. The van der Waals surface area contributed by atoms with E-state index in [2.05, 4.69) is 13.8 Å². The first-order valence-corrected chi connectivity index (χ1v) is 11.1. The summed E-state index contributed by atoms with van der Waals surface area (Å²) >= 11 is 0. The third-order valence-electron chi connectivity index (χ3n) is 11.1. The summed E-state index contributed by atoms with van der Waals surface area (Å²) in [6, 6.07) is 0. The molecule has 0 aromatic carbocycles. The van der Waals surface area contributed by atoms with E-state index in [0.717, 1.165) is 48.7 Å². The maximum atomic E-state index is 6.23. The smallest absolute Gasteiger partial charge is 0.0638 e. The highest BCUT2D eigenvalue weighted by atomic mass is 16.5. The average Bonchev–Trinajstić information content (AvgIpc) is 3.08. The fourth-order valence-corrected chi connectivity index (χ4v) is 9.88. The van der Waals surface area contributed by atoms with Crippen LogP contribution in [0.4, 0.5) is 0 Å². The molecule has 1 saturated heterocycles. The van der Waals surface area contributed by atoms with E-state index in [9.17, 15) is 0 Å². The number of methoxy groups -OCH3 is 1. The third kappa shape index (κ3) is 1.67. The largest absolute Gasteiger partial charge is 0.381 e. The fourth-order valence-electron chi connectivity index (χ4n) is 9.88. The fraction of sp³-hybridized carbons (Fsp3) is 1.00. The molecule has 1 heterocycles. The molecular formula is C23H36O2. The molecule has 9 atom stereocenters. The summed E-state index contributed by atoms with van der Waals surface area (Å²) in [5, 5.41) is 0. The zero-order valence-electron chi connectivity index (χ0n) is 16.4. The molecule has 2 heteroatoms. The van der Waals surface area contributed by atoms with Gasteiger partial charge in [-0.25, -0.2) is 0 Å². The molecule has 1 aliphatic heterocycles. The Morgan fingerprint density at radius 2 is 1.72 bits per heavy atom. The van der Waals surface area contributed by atoms with E-state index in [-0.39, 0.29) is 0 Å². The van der Waals surface area contributed by atoms with Crippen molar-refractivity contribution in [3.63, 3.8) is 0 Å². The van der Waals surface area contributed by atoms with Crippen molar-refractivity contribution in [2.24, 2.45) is 51.8 Å². The van der Waals surface area contributed by atoms with Gasteiger partial charge in [0.2, 0.25) is 0 Å². The van der Waals surface area contributed by atoms with Crippen molar-refractivity contribution in [3.8, 4) is 0 Å². The van der Waals surface area contributed by atoms with Crippen molar-refractivity contribution < 1.29 is 9.47 Å². The molecule has 25 heavy (non-hydrogen) atoms. The van der Waals surface area contributed by atoms with Crippen LogP contribution in [0.15, 0.2) is 0 Å². The highest BCUT2D eigenvalue weighted by Gasteiger charge is 2.77. The summed E-state index contributed by atoms with van der Waals surface area (Å²) in [5.74, 6) is 5.69. The van der Waals surface area contributed by atoms with Crippen LogP contribution in [0.3, 0.4) is 0 Å². The molecule has 6 rings (SSSR count). The standard InChI is InChI=1S/C23H36O2/c1-21-8-7-19-16(18(21)5-4-17(21)14-12-25-13-14)10-20(24-3)23-11-15(23)6-9-22(19,23)2/h14-20H,4-13H2,1-3H3/t15-,16+,17-,18+,19+,20-,21-,22-,23+/m1/s1. The topological polar surface area (TPSA) is 18.5 Å². The Morgan fingerprint density at radius 3 is 2.40 bits per heavy atom. The van der Waals surface area contributed by atoms with Crippen LogP contribution in [0.5, 0.6) is 0 Å². The molecule has 0 bridgehead atoms. The zero-order valence-corrected chi connectivity index (χ0v) is 16.4. The van der Waals surface area contributed by atoms with Crippen molar-refractivity contribution >= 4 is 0 Å². The van der Waals surface area contributed by atoms with Crippen LogP contribution in [0.1, 0.15) is 65.2 Å². The lowest BCUT2D eigenvalue weighted by Gasteiger charge is -2.61. The first kappa shape index (κ1) is 15.9. The molecular weight excluding hydrogens is 308 g/mol. The lowest BCUT2D eigenvalue weighted by molar-refractivity contribution is -0.169. The van der Waals surface area contributed by atoms with Gasteiger partial charge in [-0.2, -0.15) is 0 Å². The van der Waals surface area contributed by atoms with Crippen molar-refractivity contribution in [2.45, 2.75) is 71.3 Å². The molecule has 0 amide bonds. The van der Waals surface area contributed by atoms with Gasteiger partial charge in [0.1, 0.15) is 0 Å². The lowest BCUT2D eigenvalue weighted by atomic mass is 9.45. The molecule has 0 N–H and O–H groups in total. The summed E-state index contributed by atoms with van der Waals surface area (Å²) < 4.78 is 11.8. The minimum absolute atomic E-state index is 0.555. The lowest BCUT2D eigenvalue weighted by Crippen LogP contribution is -2.57. The normalized spacial score (nSPS) is 62.5. The number of hydrogen-bond donors (Lipinski definition) is 0. The van der Waals surface area contributed by atoms with Gasteiger partial charge in [-0.1, -0.05) is 13.8 Å². The Balaban J connectivity index is 1.35. The minimum atomic E-state index is 0.555.